The highest BCUT2D eigenvalue weighted by molar-refractivity contribution is 8.66. The lowest BCUT2D eigenvalue weighted by Gasteiger charge is -1.81. The zero-order valence-electron chi connectivity index (χ0n) is 2.25. The monoisotopic (exact) mass is 113 g/mol. The topological polar surface area (TPSA) is 44.5 Å². The molecule has 5 heteroatoms. The Morgan fingerprint density at radius 1 is 1.80 bits per heavy atom. The van der Waals surface area contributed by atoms with Crippen molar-refractivity contribution in [2.75, 3.05) is 0 Å². The Morgan fingerprint density at radius 3 is 2.40 bits per heavy atom. The third-order valence-corrected chi connectivity index (χ3v) is 0.392. The van der Waals surface area contributed by atoms with Gasteiger partial charge in [-0.2, -0.15) is 5.90 Å². The number of hydrogen-bond acceptors (Lipinski definition) is 5. The zero-order valence-corrected chi connectivity index (χ0v) is 3.96. The highest BCUT2D eigenvalue weighted by Crippen LogP contribution is 2.03. The molecule has 0 unspecified atom stereocenters. The van der Waals surface area contributed by atoms with Crippen molar-refractivity contribution in [3.63, 3.8) is 0 Å². The van der Waals surface area contributed by atoms with Gasteiger partial charge >= 0.3 is 0 Å². The van der Waals surface area contributed by atoms with Crippen LogP contribution in [0.25, 0.3) is 0 Å². The molecule has 0 rings (SSSR count). The van der Waals surface area contributed by atoms with E-state index < -0.39 is 0 Å². The fourth-order valence-electron chi connectivity index (χ4n) is 0.0176. The predicted molar refractivity (Wildman–Crippen MR) is 22.9 cm³/mol. The lowest BCUT2D eigenvalue weighted by Crippen LogP contribution is -1.91. The summed E-state index contributed by atoms with van der Waals surface area (Å²) in [5.74, 6) is 4.35. The highest BCUT2D eigenvalue weighted by atomic mass is 33.1. The first-order valence-corrected chi connectivity index (χ1v) is 2.55. The van der Waals surface area contributed by atoms with Crippen molar-refractivity contribution in [1.82, 2.24) is 0 Å². The van der Waals surface area contributed by atoms with Gasteiger partial charge in [0, 0.05) is 0 Å². The molecular weight excluding hydrogens is 110 g/mol. The molecule has 0 spiro atoms. The van der Waals surface area contributed by atoms with E-state index >= 15 is 0 Å². The van der Waals surface area contributed by atoms with Crippen LogP contribution in [0.5, 0.6) is 0 Å². The van der Waals surface area contributed by atoms with Crippen LogP contribution >= 0.6 is 22.7 Å². The van der Waals surface area contributed by atoms with Crippen molar-refractivity contribution in [1.29, 1.82) is 0 Å². The molecule has 0 aliphatic carbocycles. The van der Waals surface area contributed by atoms with Crippen molar-refractivity contribution in [2.24, 2.45) is 5.90 Å². The summed E-state index contributed by atoms with van der Waals surface area (Å²) in [6.45, 7) is 0. The fraction of sp³-hybridized carbons (Fsp3) is 0. The second-order valence-electron chi connectivity index (χ2n) is 0.239. The fourth-order valence-corrected chi connectivity index (χ4v) is 0.158. The van der Waals surface area contributed by atoms with Crippen LogP contribution in [-0.2, 0) is 9.32 Å². The van der Waals surface area contributed by atoms with Gasteiger partial charge in [-0.1, -0.05) is 11.7 Å². The molecule has 5 heavy (non-hydrogen) atoms. The van der Waals surface area contributed by atoms with Crippen LogP contribution in [0.1, 0.15) is 0 Å². The van der Waals surface area contributed by atoms with Crippen molar-refractivity contribution in [3.8, 4) is 0 Å². The lowest BCUT2D eigenvalue weighted by molar-refractivity contribution is -0.193. The third-order valence-electron chi connectivity index (χ3n) is 0.0697. The summed E-state index contributed by atoms with van der Waals surface area (Å²) in [7, 11) is 0. The number of rotatable bonds is 2. The van der Waals surface area contributed by atoms with E-state index in [9.17, 15) is 0 Å². The van der Waals surface area contributed by atoms with Crippen LogP contribution in [0.4, 0.5) is 0 Å². The Hall–Kier alpha value is 0.580. The summed E-state index contributed by atoms with van der Waals surface area (Å²) in [6.07, 6.45) is 0. The molecule has 0 saturated carbocycles. The molecule has 0 atom stereocenters. The Labute approximate surface area is 38.7 Å². The van der Waals surface area contributed by atoms with E-state index in [-0.39, 0.29) is 0 Å². The Kier molecular flexibility index (Phi) is 5.11. The number of thiol groups is 1. The molecule has 0 heterocycles. The van der Waals surface area contributed by atoms with E-state index in [0.717, 1.165) is 11.1 Å². The minimum atomic E-state index is 0.749. The molecule has 32 valence electrons. The molecule has 0 saturated heterocycles. The minimum absolute atomic E-state index is 0.749. The molecule has 0 aromatic heterocycles. The molecule has 0 radical (unpaired) electrons. The Morgan fingerprint density at radius 2 is 2.40 bits per heavy atom. The smallest absolute Gasteiger partial charge is 0.100 e. The average molecular weight is 113 g/mol. The van der Waals surface area contributed by atoms with E-state index in [1.54, 1.807) is 0 Å². The van der Waals surface area contributed by atoms with Gasteiger partial charge in [-0.25, -0.2) is 0 Å². The van der Waals surface area contributed by atoms with Crippen LogP contribution in [-0.4, -0.2) is 0 Å². The Balaban J connectivity index is 2.19. The van der Waals surface area contributed by atoms with Gasteiger partial charge in [-0.3, -0.25) is 0 Å². The summed E-state index contributed by atoms with van der Waals surface area (Å²) in [4.78, 5) is 3.58. The second kappa shape index (κ2) is 4.58. The molecule has 0 aliphatic heterocycles. The first-order chi connectivity index (χ1) is 2.41. The first kappa shape index (κ1) is 5.58. The van der Waals surface area contributed by atoms with E-state index in [4.69, 9.17) is 0 Å². The first-order valence-electron chi connectivity index (χ1n) is 0.752. The van der Waals surface area contributed by atoms with Gasteiger partial charge in [0.25, 0.3) is 0 Å². The van der Waals surface area contributed by atoms with Crippen molar-refractivity contribution < 1.29 is 9.32 Å². The molecule has 0 bridgehead atoms. The normalized spacial score (nSPS) is 8.40. The van der Waals surface area contributed by atoms with E-state index in [1.165, 1.54) is 0 Å². The number of hydrogen-bond donors (Lipinski definition) is 2. The third kappa shape index (κ3) is 4.58. The molecule has 2 N–H and O–H groups in total. The summed E-state index contributed by atoms with van der Waals surface area (Å²) < 4.78 is 3.89. The highest BCUT2D eigenvalue weighted by Gasteiger charge is 1.67. The van der Waals surface area contributed by atoms with Crippen molar-refractivity contribution >= 4 is 22.7 Å². The van der Waals surface area contributed by atoms with Crippen LogP contribution in [0.3, 0.4) is 0 Å². The van der Waals surface area contributed by atoms with E-state index in [0.29, 0.717) is 0 Å². The van der Waals surface area contributed by atoms with Crippen molar-refractivity contribution in [3.05, 3.63) is 0 Å². The average Bonchev–Trinajstić information content (AvgIpc) is 1.41. The lowest BCUT2D eigenvalue weighted by atomic mass is 13.5. The van der Waals surface area contributed by atoms with Gasteiger partial charge in [0.15, 0.2) is 0 Å². The number of nitrogens with two attached hydrogens (primary N) is 1. The largest absolute Gasteiger partial charge is 0.182 e. The Bertz CT molecular complexity index is 15.1. The standard InChI is InChI=1S/H3NO2S2/c1-2-3-5-4/h4H,1H2. The summed E-state index contributed by atoms with van der Waals surface area (Å²) in [5.41, 5.74) is 0. The van der Waals surface area contributed by atoms with Gasteiger partial charge in [0.05, 0.1) is 0 Å². The van der Waals surface area contributed by atoms with E-state index in [2.05, 4.69) is 26.9 Å². The summed E-state index contributed by atoms with van der Waals surface area (Å²) in [6, 6.07) is 0. The van der Waals surface area contributed by atoms with Crippen LogP contribution in [0, 0.1) is 0 Å². The molecule has 0 fully saturated rings. The quantitative estimate of drug-likeness (QED) is 0.178. The minimum Gasteiger partial charge on any atom is -0.182 e. The van der Waals surface area contributed by atoms with Crippen molar-refractivity contribution in [2.45, 2.75) is 0 Å². The van der Waals surface area contributed by atoms with Gasteiger partial charge in [-0.15, -0.1) is 9.32 Å². The van der Waals surface area contributed by atoms with Crippen LogP contribution in [0.15, 0.2) is 0 Å². The van der Waals surface area contributed by atoms with Gasteiger partial charge in [0.2, 0.25) is 0 Å². The molecule has 3 nitrogen and oxygen atoms in total. The molecular formula is H3NO2S2. The van der Waals surface area contributed by atoms with Crippen LogP contribution in [0.2, 0.25) is 0 Å². The maximum Gasteiger partial charge on any atom is 0.100 e. The predicted octanol–water partition coefficient (Wildman–Crippen LogP) is 0.301. The van der Waals surface area contributed by atoms with Crippen LogP contribution < -0.4 is 5.90 Å². The zero-order chi connectivity index (χ0) is 4.12. The van der Waals surface area contributed by atoms with E-state index in [1.807, 2.05) is 0 Å². The SMILES string of the molecule is NOOSS. The van der Waals surface area contributed by atoms with Gasteiger partial charge in [0.1, 0.15) is 11.1 Å². The van der Waals surface area contributed by atoms with Gasteiger partial charge < -0.3 is 0 Å². The summed E-state index contributed by atoms with van der Waals surface area (Å²) >= 11 is 4.24. The second-order valence-corrected chi connectivity index (χ2v) is 0.971. The molecule has 0 aliphatic rings. The van der Waals surface area contributed by atoms with Gasteiger partial charge in [-0.05, 0) is 0 Å². The summed E-state index contributed by atoms with van der Waals surface area (Å²) in [5, 5.41) is 0. The molecule has 0 aromatic carbocycles. The maximum atomic E-state index is 4.35. The molecule has 0 amide bonds. The maximum absolute atomic E-state index is 4.35. The molecule has 0 aromatic rings.